The van der Waals surface area contributed by atoms with Crippen molar-refractivity contribution < 1.29 is 4.79 Å². The van der Waals surface area contributed by atoms with Gasteiger partial charge in [0.1, 0.15) is 0 Å². The van der Waals surface area contributed by atoms with Gasteiger partial charge in [0.25, 0.3) is 0 Å². The van der Waals surface area contributed by atoms with Crippen LogP contribution in [0.3, 0.4) is 0 Å². The van der Waals surface area contributed by atoms with Gasteiger partial charge in [-0.15, -0.1) is 0 Å². The molecule has 0 radical (unpaired) electrons. The molecule has 0 aromatic rings. The van der Waals surface area contributed by atoms with Crippen LogP contribution < -0.4 is 5.32 Å². The number of carbonyl (C=O) groups excluding carboxylic acids is 1. The summed E-state index contributed by atoms with van der Waals surface area (Å²) < 4.78 is 0. The number of amides is 1. The zero-order valence-electron chi connectivity index (χ0n) is 12.6. The largest absolute Gasteiger partial charge is 0.341 e. The first kappa shape index (κ1) is 15.4. The predicted molar refractivity (Wildman–Crippen MR) is 75.6 cm³/mol. The molecule has 0 saturated carbocycles. The molecular weight excluding hydrogens is 226 g/mol. The lowest BCUT2D eigenvalue weighted by atomic mass is 9.96. The normalized spacial score (nSPS) is 21.4. The van der Waals surface area contributed by atoms with Crippen molar-refractivity contribution in [2.75, 3.05) is 40.3 Å². The second-order valence-corrected chi connectivity index (χ2v) is 6.72. The van der Waals surface area contributed by atoms with Gasteiger partial charge in [0, 0.05) is 25.2 Å². The molecule has 0 aliphatic carbocycles. The van der Waals surface area contributed by atoms with Gasteiger partial charge in [0.15, 0.2) is 0 Å². The van der Waals surface area contributed by atoms with E-state index in [4.69, 9.17) is 0 Å². The summed E-state index contributed by atoms with van der Waals surface area (Å²) >= 11 is 0. The van der Waals surface area contributed by atoms with E-state index < -0.39 is 0 Å². The molecule has 1 unspecified atom stereocenters. The molecule has 1 N–H and O–H groups in total. The van der Waals surface area contributed by atoms with Gasteiger partial charge in [-0.2, -0.15) is 0 Å². The van der Waals surface area contributed by atoms with E-state index >= 15 is 0 Å². The second kappa shape index (κ2) is 6.53. The Labute approximate surface area is 112 Å². The lowest BCUT2D eigenvalue weighted by Gasteiger charge is -2.35. The molecule has 0 aromatic heterocycles. The zero-order chi connectivity index (χ0) is 13.8. The van der Waals surface area contributed by atoms with E-state index in [9.17, 15) is 4.79 Å². The van der Waals surface area contributed by atoms with Crippen LogP contribution in [-0.4, -0.2) is 61.5 Å². The molecule has 4 heteroatoms. The first-order valence-corrected chi connectivity index (χ1v) is 6.95. The number of hydrogen-bond donors (Lipinski definition) is 1. The van der Waals surface area contributed by atoms with Gasteiger partial charge in [-0.05, 0) is 53.6 Å². The predicted octanol–water partition coefficient (Wildman–Crippen LogP) is 1.17. The van der Waals surface area contributed by atoms with Crippen molar-refractivity contribution in [3.63, 3.8) is 0 Å². The number of nitrogens with one attached hydrogen (secondary N) is 1. The molecule has 4 nitrogen and oxygen atoms in total. The third-order valence-corrected chi connectivity index (χ3v) is 3.24. The van der Waals surface area contributed by atoms with Crippen molar-refractivity contribution in [2.24, 2.45) is 5.92 Å². The van der Waals surface area contributed by atoms with Crippen LogP contribution in [0.4, 0.5) is 0 Å². The van der Waals surface area contributed by atoms with E-state index in [-0.39, 0.29) is 11.4 Å². The minimum Gasteiger partial charge on any atom is -0.341 e. The molecule has 106 valence electrons. The van der Waals surface area contributed by atoms with Crippen LogP contribution in [0.15, 0.2) is 0 Å². The fourth-order valence-electron chi connectivity index (χ4n) is 2.28. The third kappa shape index (κ3) is 5.83. The Hall–Kier alpha value is -0.610. The van der Waals surface area contributed by atoms with Gasteiger partial charge in [-0.3, -0.25) is 4.79 Å². The van der Waals surface area contributed by atoms with Gasteiger partial charge in [-0.1, -0.05) is 0 Å². The summed E-state index contributed by atoms with van der Waals surface area (Å²) in [7, 11) is 3.89. The van der Waals surface area contributed by atoms with E-state index in [1.54, 1.807) is 0 Å². The molecule has 1 heterocycles. The Morgan fingerprint density at radius 2 is 2.06 bits per heavy atom. The van der Waals surface area contributed by atoms with Crippen LogP contribution in [0.2, 0.25) is 0 Å². The Morgan fingerprint density at radius 1 is 1.39 bits per heavy atom. The van der Waals surface area contributed by atoms with Crippen LogP contribution in [0, 0.1) is 5.92 Å². The Bertz CT molecular complexity index is 271. The van der Waals surface area contributed by atoms with Gasteiger partial charge in [-0.25, -0.2) is 0 Å². The molecular formula is C14H29N3O. The van der Waals surface area contributed by atoms with Gasteiger partial charge < -0.3 is 15.1 Å². The highest BCUT2D eigenvalue weighted by atomic mass is 16.2. The highest BCUT2D eigenvalue weighted by Gasteiger charge is 2.24. The number of carbonyl (C=O) groups is 1. The number of likely N-dealkylation sites (tertiary alicyclic amines) is 1. The van der Waals surface area contributed by atoms with Crippen molar-refractivity contribution in [3.05, 3.63) is 0 Å². The summed E-state index contributed by atoms with van der Waals surface area (Å²) in [4.78, 5) is 16.0. The second-order valence-electron chi connectivity index (χ2n) is 6.72. The monoisotopic (exact) mass is 255 g/mol. The van der Waals surface area contributed by atoms with Gasteiger partial charge in [0.05, 0.1) is 6.54 Å². The van der Waals surface area contributed by atoms with Crippen molar-refractivity contribution in [3.8, 4) is 0 Å². The van der Waals surface area contributed by atoms with Crippen molar-refractivity contribution in [1.82, 2.24) is 15.1 Å². The maximum Gasteiger partial charge on any atom is 0.236 e. The minimum atomic E-state index is 0.163. The number of hydrogen-bond acceptors (Lipinski definition) is 3. The molecule has 1 rings (SSSR count). The average molecular weight is 255 g/mol. The molecule has 1 amide bonds. The standard InChI is InChI=1S/C14H29N3O/c1-14(2,3)15-9-12-7-6-8-17(10-12)13(18)11-16(4)5/h12,15H,6-11H2,1-5H3. The molecule has 1 aliphatic rings. The first-order chi connectivity index (χ1) is 8.28. The summed E-state index contributed by atoms with van der Waals surface area (Å²) in [6.07, 6.45) is 2.37. The SMILES string of the molecule is CN(C)CC(=O)N1CCCC(CNC(C)(C)C)C1. The van der Waals surface area contributed by atoms with E-state index in [1.807, 2.05) is 23.9 Å². The van der Waals surface area contributed by atoms with E-state index in [0.29, 0.717) is 12.5 Å². The van der Waals surface area contributed by atoms with Crippen LogP contribution in [0.25, 0.3) is 0 Å². The number of likely N-dealkylation sites (N-methyl/N-ethyl adjacent to an activating group) is 1. The topological polar surface area (TPSA) is 35.6 Å². The molecule has 1 aliphatic heterocycles. The molecule has 0 spiro atoms. The molecule has 1 atom stereocenters. The molecule has 0 aromatic carbocycles. The number of rotatable bonds is 4. The average Bonchev–Trinajstić information content (AvgIpc) is 2.25. The van der Waals surface area contributed by atoms with Crippen LogP contribution in [0.1, 0.15) is 33.6 Å². The first-order valence-electron chi connectivity index (χ1n) is 6.95. The minimum absolute atomic E-state index is 0.163. The molecule has 1 saturated heterocycles. The van der Waals surface area contributed by atoms with Gasteiger partial charge in [0.2, 0.25) is 5.91 Å². The van der Waals surface area contributed by atoms with Crippen molar-refractivity contribution in [2.45, 2.75) is 39.2 Å². The third-order valence-electron chi connectivity index (χ3n) is 3.24. The zero-order valence-corrected chi connectivity index (χ0v) is 12.6. The highest BCUT2D eigenvalue weighted by molar-refractivity contribution is 5.78. The fourth-order valence-corrected chi connectivity index (χ4v) is 2.28. The molecule has 0 bridgehead atoms. The van der Waals surface area contributed by atoms with E-state index in [2.05, 4.69) is 26.1 Å². The highest BCUT2D eigenvalue weighted by Crippen LogP contribution is 2.17. The van der Waals surface area contributed by atoms with E-state index in [1.165, 1.54) is 6.42 Å². The molecule has 1 fully saturated rings. The van der Waals surface area contributed by atoms with Crippen molar-refractivity contribution >= 4 is 5.91 Å². The van der Waals surface area contributed by atoms with E-state index in [0.717, 1.165) is 26.1 Å². The fraction of sp³-hybridized carbons (Fsp3) is 0.929. The number of nitrogens with zero attached hydrogens (tertiary/aromatic N) is 2. The van der Waals surface area contributed by atoms with Crippen LogP contribution >= 0.6 is 0 Å². The number of piperidine rings is 1. The maximum absolute atomic E-state index is 12.0. The Balaban J connectivity index is 2.38. The smallest absolute Gasteiger partial charge is 0.236 e. The summed E-state index contributed by atoms with van der Waals surface area (Å²) in [5.74, 6) is 0.865. The summed E-state index contributed by atoms with van der Waals surface area (Å²) in [5, 5.41) is 3.54. The quantitative estimate of drug-likeness (QED) is 0.819. The van der Waals surface area contributed by atoms with Crippen LogP contribution in [0.5, 0.6) is 0 Å². The van der Waals surface area contributed by atoms with Crippen LogP contribution in [-0.2, 0) is 4.79 Å². The lowest BCUT2D eigenvalue weighted by Crippen LogP contribution is -2.48. The van der Waals surface area contributed by atoms with Gasteiger partial charge >= 0.3 is 0 Å². The Morgan fingerprint density at radius 3 is 2.61 bits per heavy atom. The summed E-state index contributed by atoms with van der Waals surface area (Å²) in [6.45, 7) is 9.93. The summed E-state index contributed by atoms with van der Waals surface area (Å²) in [6, 6.07) is 0. The Kier molecular flexibility index (Phi) is 5.60. The molecule has 18 heavy (non-hydrogen) atoms. The lowest BCUT2D eigenvalue weighted by molar-refractivity contribution is -0.133. The summed E-state index contributed by atoms with van der Waals surface area (Å²) in [5.41, 5.74) is 0.163. The maximum atomic E-state index is 12.0. The van der Waals surface area contributed by atoms with Crippen molar-refractivity contribution in [1.29, 1.82) is 0 Å².